The normalized spacial score (nSPS) is 14.8. The highest BCUT2D eigenvalue weighted by molar-refractivity contribution is 6.39. The molecule has 0 bridgehead atoms. The average molecular weight is 456 g/mol. The van der Waals surface area contributed by atoms with Crippen molar-refractivity contribution < 1.29 is 29.0 Å². The number of urea groups is 1. The van der Waals surface area contributed by atoms with Crippen molar-refractivity contribution in [3.63, 3.8) is 0 Å². The Bertz CT molecular complexity index is 1310. The molecule has 2 N–H and O–H groups in total. The summed E-state index contributed by atoms with van der Waals surface area (Å²) in [7, 11) is 0. The van der Waals surface area contributed by atoms with Gasteiger partial charge < -0.3 is 9.84 Å². The molecule has 1 saturated heterocycles. The number of nitrogens with zero attached hydrogens (tertiary/aromatic N) is 1. The van der Waals surface area contributed by atoms with Crippen molar-refractivity contribution in [1.82, 2.24) is 5.32 Å². The van der Waals surface area contributed by atoms with Crippen LogP contribution in [0, 0.1) is 6.92 Å². The van der Waals surface area contributed by atoms with Gasteiger partial charge in [0.1, 0.15) is 17.9 Å². The molecule has 1 aliphatic heterocycles. The fourth-order valence-corrected chi connectivity index (χ4v) is 3.38. The Morgan fingerprint density at radius 3 is 2.32 bits per heavy atom. The summed E-state index contributed by atoms with van der Waals surface area (Å²) in [6.45, 7) is 2.03. The summed E-state index contributed by atoms with van der Waals surface area (Å²) >= 11 is 0. The molecule has 8 nitrogen and oxygen atoms in total. The molecule has 4 amide bonds. The largest absolute Gasteiger partial charge is 0.488 e. The van der Waals surface area contributed by atoms with Crippen LogP contribution in [0.15, 0.2) is 78.4 Å². The molecule has 0 aliphatic carbocycles. The molecule has 1 heterocycles. The van der Waals surface area contributed by atoms with E-state index in [2.05, 4.69) is 5.32 Å². The number of hydrogen-bond donors (Lipinski definition) is 2. The second-order valence-corrected chi connectivity index (χ2v) is 7.62. The first-order valence-electron chi connectivity index (χ1n) is 10.4. The number of imide groups is 2. The molecule has 170 valence electrons. The van der Waals surface area contributed by atoms with Crippen molar-refractivity contribution in [3.8, 4) is 5.75 Å². The lowest BCUT2D eigenvalue weighted by molar-refractivity contribution is -0.122. The number of rotatable bonds is 6. The molecule has 0 saturated carbocycles. The smallest absolute Gasteiger partial charge is 0.335 e. The zero-order valence-electron chi connectivity index (χ0n) is 18.1. The topological polar surface area (TPSA) is 113 Å². The van der Waals surface area contributed by atoms with Crippen LogP contribution in [0.3, 0.4) is 0 Å². The lowest BCUT2D eigenvalue weighted by Crippen LogP contribution is -2.54. The minimum atomic E-state index is -1.02. The summed E-state index contributed by atoms with van der Waals surface area (Å²) in [4.78, 5) is 49.9. The van der Waals surface area contributed by atoms with E-state index in [4.69, 9.17) is 9.84 Å². The van der Waals surface area contributed by atoms with Crippen LogP contribution in [0.1, 0.15) is 27.0 Å². The Morgan fingerprint density at radius 2 is 1.65 bits per heavy atom. The van der Waals surface area contributed by atoms with Crippen LogP contribution in [-0.2, 0) is 16.2 Å². The minimum Gasteiger partial charge on any atom is -0.488 e. The minimum absolute atomic E-state index is 0.147. The summed E-state index contributed by atoms with van der Waals surface area (Å²) in [5, 5.41) is 11.2. The third kappa shape index (κ3) is 4.71. The average Bonchev–Trinajstić information content (AvgIpc) is 2.82. The molecule has 1 aliphatic rings. The molecular weight excluding hydrogens is 436 g/mol. The third-order valence-electron chi connectivity index (χ3n) is 5.21. The maximum Gasteiger partial charge on any atom is 0.335 e. The third-order valence-corrected chi connectivity index (χ3v) is 5.21. The van der Waals surface area contributed by atoms with Gasteiger partial charge in [-0.3, -0.25) is 14.9 Å². The Labute approximate surface area is 195 Å². The number of carboxylic acid groups (broad SMARTS) is 1. The summed E-state index contributed by atoms with van der Waals surface area (Å²) in [6.07, 6.45) is 1.38. The van der Waals surface area contributed by atoms with Crippen LogP contribution in [0.4, 0.5) is 10.5 Å². The van der Waals surface area contributed by atoms with E-state index in [9.17, 15) is 19.2 Å². The first-order chi connectivity index (χ1) is 16.3. The number of ether oxygens (including phenoxy) is 1. The molecule has 34 heavy (non-hydrogen) atoms. The Morgan fingerprint density at radius 1 is 0.971 bits per heavy atom. The Hall–Kier alpha value is -4.72. The van der Waals surface area contributed by atoms with Gasteiger partial charge in [-0.2, -0.15) is 0 Å². The van der Waals surface area contributed by atoms with Crippen LogP contribution < -0.4 is 15.0 Å². The number of carboxylic acids is 1. The van der Waals surface area contributed by atoms with Crippen LogP contribution in [-0.4, -0.2) is 28.9 Å². The first-order valence-corrected chi connectivity index (χ1v) is 10.4. The van der Waals surface area contributed by atoms with E-state index in [1.807, 2.05) is 6.92 Å². The van der Waals surface area contributed by atoms with Gasteiger partial charge in [0, 0.05) is 5.56 Å². The van der Waals surface area contributed by atoms with Gasteiger partial charge in [-0.15, -0.1) is 0 Å². The highest BCUT2D eigenvalue weighted by Gasteiger charge is 2.36. The quantitative estimate of drug-likeness (QED) is 0.429. The zero-order chi connectivity index (χ0) is 24.2. The molecule has 0 unspecified atom stereocenters. The number of carbonyl (C=O) groups excluding carboxylic acids is 3. The van der Waals surface area contributed by atoms with Gasteiger partial charge in [0.25, 0.3) is 11.8 Å². The van der Waals surface area contributed by atoms with Crippen LogP contribution >= 0.6 is 0 Å². The van der Waals surface area contributed by atoms with Crippen molar-refractivity contribution in [2.75, 3.05) is 4.90 Å². The summed E-state index contributed by atoms with van der Waals surface area (Å²) in [6, 6.07) is 19.1. The van der Waals surface area contributed by atoms with Crippen LogP contribution in [0.5, 0.6) is 5.75 Å². The Balaban J connectivity index is 1.59. The van der Waals surface area contributed by atoms with Crippen molar-refractivity contribution in [1.29, 1.82) is 0 Å². The number of nitrogens with one attached hydrogen (secondary N) is 1. The molecule has 0 radical (unpaired) electrons. The molecule has 0 aromatic heterocycles. The van der Waals surface area contributed by atoms with E-state index < -0.39 is 23.8 Å². The summed E-state index contributed by atoms with van der Waals surface area (Å²) in [5.41, 5.74) is 2.49. The number of aromatic carboxylic acids is 1. The number of carbonyl (C=O) groups is 4. The predicted molar refractivity (Wildman–Crippen MR) is 124 cm³/mol. The zero-order valence-corrected chi connectivity index (χ0v) is 18.1. The van der Waals surface area contributed by atoms with E-state index in [1.54, 1.807) is 60.7 Å². The van der Waals surface area contributed by atoms with Crippen LogP contribution in [0.2, 0.25) is 0 Å². The SMILES string of the molecule is Cc1ccc(N2C(=O)NC(=O)/C(=C\c3ccccc3OCc3ccc(C(=O)O)cc3)C2=O)cc1. The molecular formula is C26H20N2O6. The van der Waals surface area contributed by atoms with E-state index in [1.165, 1.54) is 18.2 Å². The number of anilines is 1. The van der Waals surface area contributed by atoms with Crippen molar-refractivity contribution in [3.05, 3.63) is 101 Å². The standard InChI is InChI=1S/C26H20N2O6/c1-16-6-12-20(13-7-16)28-24(30)21(23(29)27-26(28)33)14-19-4-2-3-5-22(19)34-15-17-8-10-18(11-9-17)25(31)32/h2-14H,15H2,1H3,(H,31,32)(H,27,29,33)/b21-14+. The van der Waals surface area contributed by atoms with Crippen molar-refractivity contribution in [2.24, 2.45) is 0 Å². The second kappa shape index (κ2) is 9.41. The lowest BCUT2D eigenvalue weighted by Gasteiger charge is -2.26. The van der Waals surface area contributed by atoms with Gasteiger partial charge in [-0.05, 0) is 48.9 Å². The molecule has 8 heteroatoms. The number of barbiturate groups is 1. The molecule has 4 rings (SSSR count). The molecule has 3 aromatic rings. The summed E-state index contributed by atoms with van der Waals surface area (Å²) in [5.74, 6) is -2.14. The fourth-order valence-electron chi connectivity index (χ4n) is 3.38. The van der Waals surface area contributed by atoms with Gasteiger partial charge in [0.2, 0.25) is 0 Å². The first kappa shape index (κ1) is 22.5. The molecule has 0 spiro atoms. The van der Waals surface area contributed by atoms with E-state index >= 15 is 0 Å². The maximum atomic E-state index is 13.1. The molecule has 0 atom stereocenters. The van der Waals surface area contributed by atoms with E-state index in [0.29, 0.717) is 17.0 Å². The van der Waals surface area contributed by atoms with E-state index in [-0.39, 0.29) is 17.7 Å². The predicted octanol–water partition coefficient (Wildman–Crippen LogP) is 3.94. The van der Waals surface area contributed by atoms with Gasteiger partial charge in [0.15, 0.2) is 0 Å². The fraction of sp³-hybridized carbons (Fsp3) is 0.0769. The van der Waals surface area contributed by atoms with Crippen molar-refractivity contribution >= 4 is 35.6 Å². The maximum absolute atomic E-state index is 13.1. The number of para-hydroxylation sites is 1. The number of benzene rings is 3. The molecule has 3 aromatic carbocycles. The van der Waals surface area contributed by atoms with Gasteiger partial charge >= 0.3 is 12.0 Å². The van der Waals surface area contributed by atoms with Crippen molar-refractivity contribution in [2.45, 2.75) is 13.5 Å². The Kier molecular flexibility index (Phi) is 6.22. The van der Waals surface area contributed by atoms with Gasteiger partial charge in [0.05, 0.1) is 11.3 Å². The lowest BCUT2D eigenvalue weighted by atomic mass is 10.1. The summed E-state index contributed by atoms with van der Waals surface area (Å²) < 4.78 is 5.87. The highest BCUT2D eigenvalue weighted by Crippen LogP contribution is 2.26. The van der Waals surface area contributed by atoms with Gasteiger partial charge in [-0.1, -0.05) is 48.0 Å². The monoisotopic (exact) mass is 456 g/mol. The van der Waals surface area contributed by atoms with Crippen LogP contribution in [0.25, 0.3) is 6.08 Å². The molecule has 1 fully saturated rings. The van der Waals surface area contributed by atoms with E-state index in [0.717, 1.165) is 16.0 Å². The number of hydrogen-bond acceptors (Lipinski definition) is 5. The van der Waals surface area contributed by atoms with Gasteiger partial charge in [-0.25, -0.2) is 14.5 Å². The number of aryl methyl sites for hydroxylation is 1. The highest BCUT2D eigenvalue weighted by atomic mass is 16.5. The number of amides is 4. The second-order valence-electron chi connectivity index (χ2n) is 7.62.